The van der Waals surface area contributed by atoms with E-state index in [0.29, 0.717) is 11.0 Å². The summed E-state index contributed by atoms with van der Waals surface area (Å²) in [4.78, 5) is 16.3. The average molecular weight is 281 g/mol. The topological polar surface area (TPSA) is 72.9 Å². The third-order valence-electron chi connectivity index (χ3n) is 3.10. The smallest absolute Gasteiger partial charge is 0.243 e. The van der Waals surface area contributed by atoms with Gasteiger partial charge in [-0.3, -0.25) is 10.1 Å². The molecule has 0 radical (unpaired) electrons. The normalized spacial score (nSPS) is 12.9. The minimum Gasteiger partial charge on any atom is -0.320 e. The standard InChI is InChI=1S/C13H17ClN4O/c1-7(2)11(15)12(19)17-13-16-9-6-8(14)4-5-10(9)18(13)3/h4-7,11H,15H2,1-3H3,(H,16,17,19)/t11-/m0/s1. The lowest BCUT2D eigenvalue weighted by Crippen LogP contribution is -2.40. The third-order valence-corrected chi connectivity index (χ3v) is 3.33. The summed E-state index contributed by atoms with van der Waals surface area (Å²) in [5.74, 6) is 0.307. The van der Waals surface area contributed by atoms with Gasteiger partial charge < -0.3 is 10.3 Å². The van der Waals surface area contributed by atoms with Gasteiger partial charge in [-0.1, -0.05) is 25.4 Å². The van der Waals surface area contributed by atoms with Crippen LogP contribution in [0.2, 0.25) is 5.02 Å². The number of imidazole rings is 1. The first-order valence-electron chi connectivity index (χ1n) is 6.08. The van der Waals surface area contributed by atoms with Gasteiger partial charge in [-0.15, -0.1) is 0 Å². The van der Waals surface area contributed by atoms with E-state index in [1.54, 1.807) is 16.7 Å². The maximum absolute atomic E-state index is 11.9. The van der Waals surface area contributed by atoms with E-state index in [1.165, 1.54) is 0 Å². The summed E-state index contributed by atoms with van der Waals surface area (Å²) in [5, 5.41) is 3.36. The summed E-state index contributed by atoms with van der Waals surface area (Å²) in [6, 6.07) is 4.86. The molecule has 0 saturated carbocycles. The molecule has 1 aromatic heterocycles. The SMILES string of the molecule is CC(C)[C@H](N)C(=O)Nc1nc2cc(Cl)ccc2n1C. The first kappa shape index (κ1) is 13.8. The summed E-state index contributed by atoms with van der Waals surface area (Å²) in [7, 11) is 1.83. The average Bonchev–Trinajstić information content (AvgIpc) is 2.64. The van der Waals surface area contributed by atoms with E-state index >= 15 is 0 Å². The van der Waals surface area contributed by atoms with Gasteiger partial charge in [0.15, 0.2) is 0 Å². The molecule has 5 nitrogen and oxygen atoms in total. The third kappa shape index (κ3) is 2.72. The second-order valence-electron chi connectivity index (χ2n) is 4.89. The molecule has 1 atom stereocenters. The largest absolute Gasteiger partial charge is 0.320 e. The zero-order valence-electron chi connectivity index (χ0n) is 11.1. The number of amides is 1. The fraction of sp³-hybridized carbons (Fsp3) is 0.385. The number of anilines is 1. The Labute approximate surface area is 116 Å². The number of halogens is 1. The van der Waals surface area contributed by atoms with Crippen molar-refractivity contribution in [1.82, 2.24) is 9.55 Å². The van der Waals surface area contributed by atoms with Gasteiger partial charge in [0.05, 0.1) is 17.1 Å². The summed E-state index contributed by atoms with van der Waals surface area (Å²) >= 11 is 5.92. The molecule has 1 amide bonds. The van der Waals surface area contributed by atoms with Gasteiger partial charge in [0.1, 0.15) is 0 Å². The maximum atomic E-state index is 11.9. The number of nitrogens with zero attached hydrogens (tertiary/aromatic N) is 2. The number of hydrogen-bond donors (Lipinski definition) is 2. The van der Waals surface area contributed by atoms with E-state index in [-0.39, 0.29) is 11.8 Å². The van der Waals surface area contributed by atoms with Crippen LogP contribution in [0.4, 0.5) is 5.95 Å². The van der Waals surface area contributed by atoms with Crippen LogP contribution in [0.25, 0.3) is 11.0 Å². The summed E-state index contributed by atoms with van der Waals surface area (Å²) in [5.41, 5.74) is 7.45. The van der Waals surface area contributed by atoms with Crippen LogP contribution in [0.15, 0.2) is 18.2 Å². The molecule has 19 heavy (non-hydrogen) atoms. The highest BCUT2D eigenvalue weighted by atomic mass is 35.5. The van der Waals surface area contributed by atoms with Crippen LogP contribution in [0.1, 0.15) is 13.8 Å². The molecule has 0 aliphatic carbocycles. The van der Waals surface area contributed by atoms with E-state index in [0.717, 1.165) is 11.0 Å². The number of nitrogens with two attached hydrogens (primary N) is 1. The summed E-state index contributed by atoms with van der Waals surface area (Å²) in [6.45, 7) is 3.80. The van der Waals surface area contributed by atoms with Gasteiger partial charge in [0.25, 0.3) is 0 Å². The molecule has 1 aromatic carbocycles. The van der Waals surface area contributed by atoms with Crippen molar-refractivity contribution in [3.63, 3.8) is 0 Å². The zero-order chi connectivity index (χ0) is 14.2. The van der Waals surface area contributed by atoms with E-state index in [4.69, 9.17) is 17.3 Å². The highest BCUT2D eigenvalue weighted by molar-refractivity contribution is 6.31. The maximum Gasteiger partial charge on any atom is 0.243 e. The van der Waals surface area contributed by atoms with E-state index in [1.807, 2.05) is 27.0 Å². The van der Waals surface area contributed by atoms with Crippen LogP contribution in [0.3, 0.4) is 0 Å². The van der Waals surface area contributed by atoms with E-state index in [9.17, 15) is 4.79 Å². The van der Waals surface area contributed by atoms with Crippen LogP contribution in [-0.4, -0.2) is 21.5 Å². The fourth-order valence-electron chi connectivity index (χ4n) is 1.78. The molecule has 102 valence electrons. The van der Waals surface area contributed by atoms with E-state index < -0.39 is 6.04 Å². The highest BCUT2D eigenvalue weighted by Gasteiger charge is 2.19. The summed E-state index contributed by atoms with van der Waals surface area (Å²) in [6.07, 6.45) is 0. The van der Waals surface area contributed by atoms with Gasteiger partial charge in [0, 0.05) is 12.1 Å². The van der Waals surface area contributed by atoms with Crippen molar-refractivity contribution in [2.45, 2.75) is 19.9 Å². The van der Waals surface area contributed by atoms with Crippen molar-refractivity contribution < 1.29 is 4.79 Å². The Bertz CT molecular complexity index is 620. The van der Waals surface area contributed by atoms with Gasteiger partial charge in [-0.2, -0.15) is 0 Å². The minimum absolute atomic E-state index is 0.0733. The molecule has 0 bridgehead atoms. The van der Waals surface area contributed by atoms with Crippen LogP contribution in [0, 0.1) is 5.92 Å². The van der Waals surface area contributed by atoms with Crippen molar-refractivity contribution >= 4 is 34.5 Å². The highest BCUT2D eigenvalue weighted by Crippen LogP contribution is 2.22. The Morgan fingerprint density at radius 3 is 2.79 bits per heavy atom. The molecule has 2 rings (SSSR count). The molecule has 0 spiro atoms. The van der Waals surface area contributed by atoms with Crippen molar-refractivity contribution in [3.05, 3.63) is 23.2 Å². The van der Waals surface area contributed by atoms with Crippen LogP contribution in [-0.2, 0) is 11.8 Å². The van der Waals surface area contributed by atoms with Gasteiger partial charge in [-0.25, -0.2) is 4.98 Å². The van der Waals surface area contributed by atoms with Gasteiger partial charge in [0.2, 0.25) is 11.9 Å². The quantitative estimate of drug-likeness (QED) is 0.905. The first-order chi connectivity index (χ1) is 8.90. The van der Waals surface area contributed by atoms with Gasteiger partial charge >= 0.3 is 0 Å². The number of benzene rings is 1. The minimum atomic E-state index is -0.552. The van der Waals surface area contributed by atoms with Crippen molar-refractivity contribution in [2.24, 2.45) is 18.7 Å². The number of carbonyl (C=O) groups excluding carboxylic acids is 1. The zero-order valence-corrected chi connectivity index (χ0v) is 11.9. The molecular weight excluding hydrogens is 264 g/mol. The van der Waals surface area contributed by atoms with Crippen molar-refractivity contribution in [3.8, 4) is 0 Å². The van der Waals surface area contributed by atoms with Gasteiger partial charge in [-0.05, 0) is 24.1 Å². The molecule has 2 aromatic rings. The molecule has 0 aliphatic rings. The Hall–Kier alpha value is -1.59. The number of fused-ring (bicyclic) bond motifs is 1. The Balaban J connectivity index is 2.31. The number of aromatic nitrogens is 2. The molecule has 0 saturated heterocycles. The molecule has 1 heterocycles. The second-order valence-corrected chi connectivity index (χ2v) is 5.32. The lowest BCUT2D eigenvalue weighted by molar-refractivity contribution is -0.118. The summed E-state index contributed by atoms with van der Waals surface area (Å²) < 4.78 is 1.80. The lowest BCUT2D eigenvalue weighted by Gasteiger charge is -2.14. The number of aryl methyl sites for hydroxylation is 1. The number of carbonyl (C=O) groups is 1. The molecule has 0 unspecified atom stereocenters. The fourth-order valence-corrected chi connectivity index (χ4v) is 1.95. The Morgan fingerprint density at radius 2 is 2.16 bits per heavy atom. The molecule has 6 heteroatoms. The molecular formula is C13H17ClN4O. The lowest BCUT2D eigenvalue weighted by atomic mass is 10.1. The Morgan fingerprint density at radius 1 is 1.47 bits per heavy atom. The van der Waals surface area contributed by atoms with Crippen LogP contribution < -0.4 is 11.1 Å². The van der Waals surface area contributed by atoms with E-state index in [2.05, 4.69) is 10.3 Å². The number of nitrogens with one attached hydrogen (secondary N) is 1. The molecule has 0 aliphatic heterocycles. The van der Waals surface area contributed by atoms with Crippen molar-refractivity contribution in [2.75, 3.05) is 5.32 Å². The second kappa shape index (κ2) is 5.19. The predicted octanol–water partition coefficient (Wildman–Crippen LogP) is 2.15. The van der Waals surface area contributed by atoms with Crippen LogP contribution >= 0.6 is 11.6 Å². The Kier molecular flexibility index (Phi) is 3.78. The number of rotatable bonds is 3. The molecule has 3 N–H and O–H groups in total. The molecule has 0 fully saturated rings. The van der Waals surface area contributed by atoms with Crippen LogP contribution in [0.5, 0.6) is 0 Å². The van der Waals surface area contributed by atoms with Crippen molar-refractivity contribution in [1.29, 1.82) is 0 Å². The number of hydrogen-bond acceptors (Lipinski definition) is 3. The monoisotopic (exact) mass is 280 g/mol. The first-order valence-corrected chi connectivity index (χ1v) is 6.46. The predicted molar refractivity (Wildman–Crippen MR) is 77.2 cm³/mol.